The van der Waals surface area contributed by atoms with Crippen LogP contribution >= 0.6 is 0 Å². The average Bonchev–Trinajstić information content (AvgIpc) is 2.40. The van der Waals surface area contributed by atoms with Gasteiger partial charge >= 0.3 is 0 Å². The Morgan fingerprint density at radius 1 is 1.33 bits per heavy atom. The molecular formula is C12H7N3O3. The summed E-state index contributed by atoms with van der Waals surface area (Å²) >= 11 is 0. The van der Waals surface area contributed by atoms with Gasteiger partial charge in [0.15, 0.2) is 0 Å². The number of para-hydroxylation sites is 1. The van der Waals surface area contributed by atoms with Crippen molar-refractivity contribution in [2.75, 3.05) is 0 Å². The van der Waals surface area contributed by atoms with Gasteiger partial charge in [0, 0.05) is 6.07 Å². The van der Waals surface area contributed by atoms with Crippen molar-refractivity contribution >= 4 is 5.69 Å². The van der Waals surface area contributed by atoms with E-state index in [0.29, 0.717) is 5.75 Å². The molecule has 0 saturated carbocycles. The quantitative estimate of drug-likeness (QED) is 0.608. The van der Waals surface area contributed by atoms with Gasteiger partial charge in [-0.3, -0.25) is 10.1 Å². The van der Waals surface area contributed by atoms with Crippen LogP contribution in [0.25, 0.3) is 0 Å². The summed E-state index contributed by atoms with van der Waals surface area (Å²) in [5, 5.41) is 19.5. The monoisotopic (exact) mass is 241 g/mol. The number of nitriles is 1. The van der Waals surface area contributed by atoms with E-state index in [1.807, 2.05) is 12.1 Å². The molecule has 0 unspecified atom stereocenters. The molecule has 0 atom stereocenters. The molecule has 1 aromatic heterocycles. The zero-order valence-corrected chi connectivity index (χ0v) is 9.11. The van der Waals surface area contributed by atoms with Crippen molar-refractivity contribution in [1.82, 2.24) is 4.98 Å². The Hall–Kier alpha value is -2.94. The molecular weight excluding hydrogens is 234 g/mol. The van der Waals surface area contributed by atoms with Crippen LogP contribution in [0.1, 0.15) is 5.56 Å². The normalized spacial score (nSPS) is 9.50. The van der Waals surface area contributed by atoms with Gasteiger partial charge in [-0.1, -0.05) is 18.2 Å². The lowest BCUT2D eigenvalue weighted by atomic mass is 10.2. The fraction of sp³-hybridized carbons (Fsp3) is 0. The number of ether oxygens (including phenoxy) is 1. The lowest BCUT2D eigenvalue weighted by molar-refractivity contribution is -0.385. The first-order valence-electron chi connectivity index (χ1n) is 4.98. The maximum absolute atomic E-state index is 10.6. The van der Waals surface area contributed by atoms with Crippen molar-refractivity contribution in [1.29, 1.82) is 5.26 Å². The third-order valence-corrected chi connectivity index (χ3v) is 2.13. The molecule has 6 heteroatoms. The van der Waals surface area contributed by atoms with E-state index in [9.17, 15) is 10.1 Å². The molecule has 6 nitrogen and oxygen atoms in total. The number of pyridine rings is 1. The molecule has 0 amide bonds. The number of nitrogens with zero attached hydrogens (tertiary/aromatic N) is 3. The van der Waals surface area contributed by atoms with Crippen molar-refractivity contribution in [3.8, 4) is 17.7 Å². The van der Waals surface area contributed by atoms with Gasteiger partial charge in [-0.25, -0.2) is 4.98 Å². The number of benzene rings is 1. The summed E-state index contributed by atoms with van der Waals surface area (Å²) in [6, 6.07) is 11.7. The molecule has 0 aliphatic rings. The van der Waals surface area contributed by atoms with Gasteiger partial charge in [0.1, 0.15) is 23.6 Å². The Bertz CT molecular complexity index is 620. The van der Waals surface area contributed by atoms with E-state index in [4.69, 9.17) is 10.00 Å². The van der Waals surface area contributed by atoms with Crippen molar-refractivity contribution < 1.29 is 9.66 Å². The van der Waals surface area contributed by atoms with E-state index >= 15 is 0 Å². The maximum Gasteiger partial charge on any atom is 0.289 e. The smallest absolute Gasteiger partial charge is 0.289 e. The number of rotatable bonds is 3. The van der Waals surface area contributed by atoms with Crippen molar-refractivity contribution in [3.63, 3.8) is 0 Å². The van der Waals surface area contributed by atoms with Gasteiger partial charge in [-0.05, 0) is 12.1 Å². The van der Waals surface area contributed by atoms with Crippen LogP contribution in [0.15, 0.2) is 42.6 Å². The number of aromatic nitrogens is 1. The first kappa shape index (κ1) is 11.5. The minimum Gasteiger partial charge on any atom is -0.438 e. The molecule has 18 heavy (non-hydrogen) atoms. The average molecular weight is 241 g/mol. The van der Waals surface area contributed by atoms with E-state index in [1.54, 1.807) is 24.3 Å². The predicted molar refractivity (Wildman–Crippen MR) is 62.1 cm³/mol. The molecule has 0 aliphatic carbocycles. The Morgan fingerprint density at radius 3 is 2.67 bits per heavy atom. The topological polar surface area (TPSA) is 89.0 Å². The number of hydrogen-bond acceptors (Lipinski definition) is 5. The Morgan fingerprint density at radius 2 is 2.06 bits per heavy atom. The van der Waals surface area contributed by atoms with Gasteiger partial charge in [-0.15, -0.1) is 0 Å². The molecule has 2 aromatic rings. The van der Waals surface area contributed by atoms with Crippen LogP contribution in [0, 0.1) is 21.4 Å². The van der Waals surface area contributed by atoms with Crippen LogP contribution in [0.2, 0.25) is 0 Å². The summed E-state index contributed by atoms with van der Waals surface area (Å²) in [5.41, 5.74) is -0.222. The predicted octanol–water partition coefficient (Wildman–Crippen LogP) is 2.65. The molecule has 0 N–H and O–H groups in total. The zero-order chi connectivity index (χ0) is 13.0. The molecule has 0 fully saturated rings. The van der Waals surface area contributed by atoms with E-state index in [-0.39, 0.29) is 17.1 Å². The van der Waals surface area contributed by atoms with Crippen molar-refractivity contribution in [2.24, 2.45) is 0 Å². The minimum absolute atomic E-state index is 0.0213. The summed E-state index contributed by atoms with van der Waals surface area (Å²) in [7, 11) is 0. The SMILES string of the molecule is N#Cc1cc([N+](=O)[O-])cnc1Oc1ccccc1. The minimum atomic E-state index is -0.611. The third kappa shape index (κ3) is 2.41. The summed E-state index contributed by atoms with van der Waals surface area (Å²) < 4.78 is 5.38. The van der Waals surface area contributed by atoms with E-state index in [0.717, 1.165) is 12.3 Å². The number of hydrogen-bond donors (Lipinski definition) is 0. The van der Waals surface area contributed by atoms with E-state index in [1.165, 1.54) is 0 Å². The molecule has 2 rings (SSSR count). The molecule has 0 bridgehead atoms. The Kier molecular flexibility index (Phi) is 3.16. The fourth-order valence-electron chi connectivity index (χ4n) is 1.30. The van der Waals surface area contributed by atoms with Gasteiger partial charge < -0.3 is 4.74 Å². The lowest BCUT2D eigenvalue weighted by Gasteiger charge is -2.05. The van der Waals surface area contributed by atoms with Crippen LogP contribution in [0.5, 0.6) is 11.6 Å². The highest BCUT2D eigenvalue weighted by molar-refractivity contribution is 5.46. The Labute approximate surface area is 102 Å². The van der Waals surface area contributed by atoms with Gasteiger partial charge in [0.05, 0.1) is 4.92 Å². The van der Waals surface area contributed by atoms with E-state index in [2.05, 4.69) is 4.98 Å². The molecule has 0 aliphatic heterocycles. The third-order valence-electron chi connectivity index (χ3n) is 2.13. The second-order valence-corrected chi connectivity index (χ2v) is 3.33. The molecule has 0 saturated heterocycles. The molecule has 1 heterocycles. The van der Waals surface area contributed by atoms with Gasteiger partial charge in [0.2, 0.25) is 5.88 Å². The highest BCUT2D eigenvalue weighted by Gasteiger charge is 2.13. The van der Waals surface area contributed by atoms with Crippen LogP contribution < -0.4 is 4.74 Å². The largest absolute Gasteiger partial charge is 0.438 e. The van der Waals surface area contributed by atoms with Crippen LogP contribution in [-0.2, 0) is 0 Å². The maximum atomic E-state index is 10.6. The summed E-state index contributed by atoms with van der Waals surface area (Å²) in [6.07, 6.45) is 1.05. The molecule has 0 radical (unpaired) electrons. The highest BCUT2D eigenvalue weighted by Crippen LogP contribution is 2.25. The first-order valence-corrected chi connectivity index (χ1v) is 4.98. The zero-order valence-electron chi connectivity index (χ0n) is 9.11. The molecule has 0 spiro atoms. The van der Waals surface area contributed by atoms with Crippen LogP contribution in [0.3, 0.4) is 0 Å². The Balaban J connectivity index is 2.35. The fourth-order valence-corrected chi connectivity index (χ4v) is 1.30. The summed E-state index contributed by atoms with van der Waals surface area (Å²) in [5.74, 6) is 0.560. The summed E-state index contributed by atoms with van der Waals surface area (Å²) in [6.45, 7) is 0. The second-order valence-electron chi connectivity index (χ2n) is 3.33. The van der Waals surface area contributed by atoms with Crippen LogP contribution in [0.4, 0.5) is 5.69 Å². The molecule has 88 valence electrons. The standard InChI is InChI=1S/C12H7N3O3/c13-7-9-6-10(15(16)17)8-14-12(9)18-11-4-2-1-3-5-11/h1-6,8H. The molecule has 1 aromatic carbocycles. The van der Waals surface area contributed by atoms with Gasteiger partial charge in [-0.2, -0.15) is 5.26 Å². The van der Waals surface area contributed by atoms with E-state index < -0.39 is 4.92 Å². The van der Waals surface area contributed by atoms with Crippen molar-refractivity contribution in [2.45, 2.75) is 0 Å². The highest BCUT2D eigenvalue weighted by atomic mass is 16.6. The first-order chi connectivity index (χ1) is 8.70. The van der Waals surface area contributed by atoms with Crippen LogP contribution in [-0.4, -0.2) is 9.91 Å². The summed E-state index contributed by atoms with van der Waals surface area (Å²) in [4.78, 5) is 13.7. The van der Waals surface area contributed by atoms with Crippen molar-refractivity contribution in [3.05, 3.63) is 58.3 Å². The second kappa shape index (κ2) is 4.93. The van der Waals surface area contributed by atoms with Gasteiger partial charge in [0.25, 0.3) is 5.69 Å². The lowest BCUT2D eigenvalue weighted by Crippen LogP contribution is -1.95. The number of nitro groups is 1.